The van der Waals surface area contributed by atoms with Crippen LogP contribution in [0.5, 0.6) is 0 Å². The number of benzene rings is 1. The molecule has 1 aromatic carbocycles. The Labute approximate surface area is 126 Å². The van der Waals surface area contributed by atoms with Gasteiger partial charge in [0.2, 0.25) is 5.91 Å². The van der Waals surface area contributed by atoms with Crippen molar-refractivity contribution in [1.29, 1.82) is 0 Å². The Morgan fingerprint density at radius 3 is 2.81 bits per heavy atom. The fourth-order valence-electron chi connectivity index (χ4n) is 3.98. The first-order valence-electron chi connectivity index (χ1n) is 8.05. The average molecular weight is 287 g/mol. The molecular weight excluding hydrogens is 262 g/mol. The minimum Gasteiger partial charge on any atom is -0.390 e. The van der Waals surface area contributed by atoms with Crippen molar-refractivity contribution in [2.24, 2.45) is 11.3 Å². The molecule has 3 atom stereocenters. The second-order valence-electron chi connectivity index (χ2n) is 7.24. The van der Waals surface area contributed by atoms with E-state index in [-0.39, 0.29) is 23.3 Å². The second-order valence-corrected chi connectivity index (χ2v) is 7.24. The van der Waals surface area contributed by atoms with Gasteiger partial charge >= 0.3 is 0 Å². The van der Waals surface area contributed by atoms with E-state index in [1.54, 1.807) is 0 Å². The topological polar surface area (TPSA) is 49.3 Å². The van der Waals surface area contributed by atoms with Gasteiger partial charge in [0.15, 0.2) is 0 Å². The molecule has 0 aromatic heterocycles. The van der Waals surface area contributed by atoms with E-state index >= 15 is 0 Å². The lowest BCUT2D eigenvalue weighted by atomic mass is 9.68. The van der Waals surface area contributed by atoms with Gasteiger partial charge in [-0.05, 0) is 29.4 Å². The molecule has 1 saturated carbocycles. The van der Waals surface area contributed by atoms with Crippen molar-refractivity contribution in [3.63, 3.8) is 0 Å². The van der Waals surface area contributed by atoms with Gasteiger partial charge < -0.3 is 10.4 Å². The van der Waals surface area contributed by atoms with Crippen LogP contribution in [0.25, 0.3) is 0 Å². The number of amides is 1. The average Bonchev–Trinajstić information content (AvgIpc) is 2.74. The van der Waals surface area contributed by atoms with Gasteiger partial charge in [0, 0.05) is 12.3 Å². The quantitative estimate of drug-likeness (QED) is 0.878. The summed E-state index contributed by atoms with van der Waals surface area (Å²) in [5.74, 6) is 0.173. The molecule has 0 spiro atoms. The zero-order valence-electron chi connectivity index (χ0n) is 12.9. The Morgan fingerprint density at radius 2 is 2.05 bits per heavy atom. The van der Waals surface area contributed by atoms with Crippen LogP contribution in [0.1, 0.15) is 56.7 Å². The van der Waals surface area contributed by atoms with Crippen molar-refractivity contribution in [1.82, 2.24) is 5.32 Å². The molecule has 1 aromatic rings. The maximum atomic E-state index is 12.7. The number of carbonyl (C=O) groups excluding carboxylic acids is 1. The van der Waals surface area contributed by atoms with Crippen LogP contribution < -0.4 is 5.32 Å². The first-order valence-corrected chi connectivity index (χ1v) is 8.05. The number of aliphatic hydroxyl groups is 1. The van der Waals surface area contributed by atoms with Crippen molar-refractivity contribution in [2.45, 2.75) is 58.1 Å². The normalized spacial score (nSPS) is 30.7. The number of carbonyl (C=O) groups is 1. The fraction of sp³-hybridized carbons (Fsp3) is 0.611. The molecule has 3 nitrogen and oxygen atoms in total. The minimum atomic E-state index is -0.502. The van der Waals surface area contributed by atoms with Gasteiger partial charge in [-0.1, -0.05) is 51.0 Å². The number of hydrogen-bond donors (Lipinski definition) is 2. The highest BCUT2D eigenvalue weighted by molar-refractivity contribution is 5.80. The Hall–Kier alpha value is -1.35. The zero-order valence-corrected chi connectivity index (χ0v) is 12.9. The van der Waals surface area contributed by atoms with Crippen molar-refractivity contribution >= 4 is 5.91 Å². The first kappa shape index (κ1) is 14.6. The van der Waals surface area contributed by atoms with E-state index in [1.807, 2.05) is 24.3 Å². The molecule has 0 aliphatic heterocycles. The SMILES string of the molecule is CC1(C)CCCCC1C(=O)N[C@H]1c2ccccc2C[C@H]1O. The summed E-state index contributed by atoms with van der Waals surface area (Å²) >= 11 is 0. The highest BCUT2D eigenvalue weighted by Gasteiger charge is 2.40. The maximum absolute atomic E-state index is 12.7. The van der Waals surface area contributed by atoms with Crippen LogP contribution >= 0.6 is 0 Å². The van der Waals surface area contributed by atoms with Crippen LogP contribution in [-0.4, -0.2) is 17.1 Å². The molecule has 0 radical (unpaired) electrons. The Bertz CT molecular complexity index is 538. The fourth-order valence-corrected chi connectivity index (χ4v) is 3.98. The number of rotatable bonds is 2. The van der Waals surface area contributed by atoms with Crippen LogP contribution in [-0.2, 0) is 11.2 Å². The van der Waals surface area contributed by atoms with E-state index in [0.29, 0.717) is 6.42 Å². The Morgan fingerprint density at radius 1 is 1.29 bits per heavy atom. The summed E-state index contributed by atoms with van der Waals surface area (Å²) < 4.78 is 0. The van der Waals surface area contributed by atoms with Gasteiger partial charge in [-0.2, -0.15) is 0 Å². The lowest BCUT2D eigenvalue weighted by Gasteiger charge is -2.38. The van der Waals surface area contributed by atoms with Crippen molar-refractivity contribution in [3.8, 4) is 0 Å². The lowest BCUT2D eigenvalue weighted by molar-refractivity contribution is -0.131. The molecule has 0 bridgehead atoms. The van der Waals surface area contributed by atoms with Crippen LogP contribution in [0, 0.1) is 11.3 Å². The first-order chi connectivity index (χ1) is 9.99. The summed E-state index contributed by atoms with van der Waals surface area (Å²) in [6, 6.07) is 7.77. The maximum Gasteiger partial charge on any atom is 0.224 e. The van der Waals surface area contributed by atoms with Gasteiger partial charge in [0.05, 0.1) is 12.1 Å². The summed E-state index contributed by atoms with van der Waals surface area (Å²) in [4.78, 5) is 12.7. The molecule has 21 heavy (non-hydrogen) atoms. The van der Waals surface area contributed by atoms with Crippen LogP contribution in [0.3, 0.4) is 0 Å². The summed E-state index contributed by atoms with van der Waals surface area (Å²) in [6.07, 6.45) is 4.54. The molecule has 1 amide bonds. The molecule has 1 unspecified atom stereocenters. The molecule has 2 aliphatic rings. The summed E-state index contributed by atoms with van der Waals surface area (Å²) in [5.41, 5.74) is 2.29. The van der Waals surface area contributed by atoms with E-state index in [4.69, 9.17) is 0 Å². The molecule has 1 fully saturated rings. The van der Waals surface area contributed by atoms with Gasteiger partial charge in [0.1, 0.15) is 0 Å². The smallest absolute Gasteiger partial charge is 0.224 e. The molecule has 0 heterocycles. The number of hydrogen-bond acceptors (Lipinski definition) is 2. The summed E-state index contributed by atoms with van der Waals surface area (Å²) in [6.45, 7) is 4.38. The predicted octanol–water partition coefficient (Wildman–Crippen LogP) is 2.98. The third kappa shape index (κ3) is 2.71. The Kier molecular flexibility index (Phi) is 3.78. The number of aliphatic hydroxyl groups excluding tert-OH is 1. The monoisotopic (exact) mass is 287 g/mol. The van der Waals surface area contributed by atoms with E-state index < -0.39 is 6.10 Å². The molecular formula is C18H25NO2. The van der Waals surface area contributed by atoms with Crippen LogP contribution in [0.2, 0.25) is 0 Å². The molecule has 3 heteroatoms. The number of nitrogens with one attached hydrogen (secondary N) is 1. The molecule has 3 rings (SSSR count). The summed E-state index contributed by atoms with van der Waals surface area (Å²) in [5, 5.41) is 13.4. The van der Waals surface area contributed by atoms with Crippen LogP contribution in [0.15, 0.2) is 24.3 Å². The van der Waals surface area contributed by atoms with Gasteiger partial charge in [-0.15, -0.1) is 0 Å². The largest absolute Gasteiger partial charge is 0.390 e. The molecule has 114 valence electrons. The van der Waals surface area contributed by atoms with Crippen molar-refractivity contribution in [3.05, 3.63) is 35.4 Å². The highest BCUT2D eigenvalue weighted by atomic mass is 16.3. The zero-order chi connectivity index (χ0) is 15.0. The number of fused-ring (bicyclic) bond motifs is 1. The molecule has 2 N–H and O–H groups in total. The standard InChI is InChI=1S/C18H25NO2/c1-18(2)10-6-5-9-14(18)17(21)19-16-13-8-4-3-7-12(13)11-15(16)20/h3-4,7-8,14-16,20H,5-6,9-11H2,1-2H3,(H,19,21)/t14?,15-,16+/m1/s1. The predicted molar refractivity (Wildman–Crippen MR) is 82.8 cm³/mol. The third-order valence-electron chi connectivity index (χ3n) is 5.33. The van der Waals surface area contributed by atoms with Gasteiger partial charge in [-0.3, -0.25) is 4.79 Å². The second kappa shape index (κ2) is 5.45. The van der Waals surface area contributed by atoms with E-state index in [0.717, 1.165) is 30.4 Å². The van der Waals surface area contributed by atoms with Gasteiger partial charge in [-0.25, -0.2) is 0 Å². The highest BCUT2D eigenvalue weighted by Crippen LogP contribution is 2.41. The third-order valence-corrected chi connectivity index (χ3v) is 5.33. The van der Waals surface area contributed by atoms with E-state index in [9.17, 15) is 9.90 Å². The minimum absolute atomic E-state index is 0.0609. The van der Waals surface area contributed by atoms with E-state index in [2.05, 4.69) is 19.2 Å². The Balaban J connectivity index is 1.76. The van der Waals surface area contributed by atoms with Gasteiger partial charge in [0.25, 0.3) is 0 Å². The van der Waals surface area contributed by atoms with Crippen molar-refractivity contribution < 1.29 is 9.90 Å². The van der Waals surface area contributed by atoms with Crippen LogP contribution in [0.4, 0.5) is 0 Å². The summed E-state index contributed by atoms with van der Waals surface area (Å²) in [7, 11) is 0. The van der Waals surface area contributed by atoms with E-state index in [1.165, 1.54) is 6.42 Å². The molecule has 0 saturated heterocycles. The lowest BCUT2D eigenvalue weighted by Crippen LogP contribution is -2.44. The molecule has 2 aliphatic carbocycles. The van der Waals surface area contributed by atoms with Crippen molar-refractivity contribution in [2.75, 3.05) is 0 Å².